The third-order valence-corrected chi connectivity index (χ3v) is 4.54. The molecular weight excluding hydrogens is 481 g/mol. The first-order valence-electron chi connectivity index (χ1n) is 10.2. The van der Waals surface area contributed by atoms with Gasteiger partial charge in [-0.2, -0.15) is 13.2 Å². The zero-order valence-corrected chi connectivity index (χ0v) is 19.1. The Morgan fingerprint density at radius 2 is 1.33 bits per heavy atom. The monoisotopic (exact) mass is 500 g/mol. The minimum absolute atomic E-state index is 0.0210. The average Bonchev–Trinajstić information content (AvgIpc) is 3.27. The van der Waals surface area contributed by atoms with Crippen molar-refractivity contribution in [3.63, 3.8) is 0 Å². The van der Waals surface area contributed by atoms with Gasteiger partial charge in [-0.1, -0.05) is 13.2 Å². The zero-order chi connectivity index (χ0) is 26.6. The number of rotatable bonds is 7. The minimum atomic E-state index is -4.81. The van der Waals surface area contributed by atoms with Crippen molar-refractivity contribution < 1.29 is 46.2 Å². The van der Waals surface area contributed by atoms with Crippen LogP contribution < -0.4 is 14.2 Å². The van der Waals surface area contributed by atoms with Crippen molar-refractivity contribution in [1.29, 1.82) is 0 Å². The van der Waals surface area contributed by atoms with E-state index in [1.807, 2.05) is 0 Å². The molecule has 186 valence electrons. The molecule has 0 spiro atoms. The molecule has 0 radical (unpaired) electrons. The standard InChI is InChI=1S/C26H19F3O7/c1-14(2)23(30)33-17-7-5-16(6-8-17)25(32)36-22-12-11-21(35-22)19-10-9-18(34-24(31)15(3)4)13-20(19)26(27,28)29/h5-13H,1,3H2,2,4H3. The number of hydrogen-bond acceptors (Lipinski definition) is 7. The van der Waals surface area contributed by atoms with Crippen molar-refractivity contribution >= 4 is 17.9 Å². The molecule has 1 aromatic heterocycles. The van der Waals surface area contributed by atoms with E-state index in [-0.39, 0.29) is 45.5 Å². The highest BCUT2D eigenvalue weighted by molar-refractivity contribution is 5.92. The van der Waals surface area contributed by atoms with E-state index in [1.165, 1.54) is 56.3 Å². The number of carbonyl (C=O) groups excluding carboxylic acids is 3. The SMILES string of the molecule is C=C(C)C(=O)Oc1ccc(C(=O)Oc2ccc(-c3ccc(OC(=O)C(=C)C)cc3C(F)(F)F)o2)cc1. The van der Waals surface area contributed by atoms with E-state index < -0.39 is 29.6 Å². The van der Waals surface area contributed by atoms with Gasteiger partial charge in [0, 0.05) is 22.8 Å². The summed E-state index contributed by atoms with van der Waals surface area (Å²) in [4.78, 5) is 35.6. The zero-order valence-electron chi connectivity index (χ0n) is 19.1. The van der Waals surface area contributed by atoms with Crippen LogP contribution in [-0.2, 0) is 15.8 Å². The highest BCUT2D eigenvalue weighted by atomic mass is 19.4. The number of benzene rings is 2. The number of ether oxygens (including phenoxy) is 3. The molecule has 0 N–H and O–H groups in total. The van der Waals surface area contributed by atoms with Gasteiger partial charge in [0.05, 0.1) is 11.1 Å². The molecule has 3 rings (SSSR count). The van der Waals surface area contributed by atoms with E-state index in [0.29, 0.717) is 6.07 Å². The summed E-state index contributed by atoms with van der Waals surface area (Å²) >= 11 is 0. The first-order valence-corrected chi connectivity index (χ1v) is 10.2. The van der Waals surface area contributed by atoms with Crippen LogP contribution in [0.1, 0.15) is 29.8 Å². The maximum atomic E-state index is 13.7. The van der Waals surface area contributed by atoms with E-state index in [9.17, 15) is 27.6 Å². The molecule has 1 heterocycles. The van der Waals surface area contributed by atoms with Gasteiger partial charge in [0.2, 0.25) is 0 Å². The molecule has 7 nitrogen and oxygen atoms in total. The maximum absolute atomic E-state index is 13.7. The highest BCUT2D eigenvalue weighted by Gasteiger charge is 2.35. The van der Waals surface area contributed by atoms with Crippen LogP contribution in [0.5, 0.6) is 17.4 Å². The van der Waals surface area contributed by atoms with Gasteiger partial charge in [-0.05, 0) is 62.4 Å². The van der Waals surface area contributed by atoms with Crippen LogP contribution >= 0.6 is 0 Å². The topological polar surface area (TPSA) is 92.0 Å². The fraction of sp³-hybridized carbons (Fsp3) is 0.115. The molecule has 0 aliphatic carbocycles. The Hall–Kier alpha value is -4.60. The van der Waals surface area contributed by atoms with Crippen LogP contribution in [0.4, 0.5) is 13.2 Å². The lowest BCUT2D eigenvalue weighted by atomic mass is 10.0. The molecule has 36 heavy (non-hydrogen) atoms. The second kappa shape index (κ2) is 10.3. The molecule has 0 bridgehead atoms. The quantitative estimate of drug-likeness (QED) is 0.218. The van der Waals surface area contributed by atoms with E-state index in [2.05, 4.69) is 13.2 Å². The lowest BCUT2D eigenvalue weighted by Gasteiger charge is -2.13. The second-order valence-corrected chi connectivity index (χ2v) is 7.58. The van der Waals surface area contributed by atoms with Gasteiger partial charge >= 0.3 is 24.1 Å². The summed E-state index contributed by atoms with van der Waals surface area (Å²) in [6.45, 7) is 9.69. The van der Waals surface area contributed by atoms with E-state index >= 15 is 0 Å². The van der Waals surface area contributed by atoms with Crippen LogP contribution in [0, 0.1) is 0 Å². The number of hydrogen-bond donors (Lipinski definition) is 0. The van der Waals surface area contributed by atoms with Crippen LogP contribution in [-0.4, -0.2) is 17.9 Å². The Morgan fingerprint density at radius 3 is 1.89 bits per heavy atom. The molecule has 2 aromatic carbocycles. The van der Waals surface area contributed by atoms with E-state index in [1.54, 1.807) is 0 Å². The molecule has 0 aliphatic heterocycles. The van der Waals surface area contributed by atoms with E-state index in [4.69, 9.17) is 18.6 Å². The summed E-state index contributed by atoms with van der Waals surface area (Å²) in [6, 6.07) is 10.7. The molecular formula is C26H19F3O7. The van der Waals surface area contributed by atoms with Gasteiger partial charge in [0.15, 0.2) is 0 Å². The molecule has 0 fully saturated rings. The predicted octanol–water partition coefficient (Wildman–Crippen LogP) is 6.15. The maximum Gasteiger partial charge on any atom is 0.417 e. The van der Waals surface area contributed by atoms with Crippen molar-refractivity contribution in [1.82, 2.24) is 0 Å². The van der Waals surface area contributed by atoms with Crippen LogP contribution in [0.2, 0.25) is 0 Å². The van der Waals surface area contributed by atoms with Crippen LogP contribution in [0.3, 0.4) is 0 Å². The Morgan fingerprint density at radius 1 is 0.778 bits per heavy atom. The second-order valence-electron chi connectivity index (χ2n) is 7.58. The minimum Gasteiger partial charge on any atom is -0.425 e. The highest BCUT2D eigenvalue weighted by Crippen LogP contribution is 2.40. The predicted molar refractivity (Wildman–Crippen MR) is 121 cm³/mol. The molecule has 0 unspecified atom stereocenters. The summed E-state index contributed by atoms with van der Waals surface area (Å²) in [5, 5.41) is 0. The van der Waals surface area contributed by atoms with Gasteiger partial charge in [-0.15, -0.1) is 0 Å². The third-order valence-electron chi connectivity index (χ3n) is 4.54. The fourth-order valence-electron chi connectivity index (χ4n) is 2.75. The molecule has 0 amide bonds. The van der Waals surface area contributed by atoms with E-state index in [0.717, 1.165) is 6.07 Å². The lowest BCUT2D eigenvalue weighted by Crippen LogP contribution is -2.11. The van der Waals surface area contributed by atoms with Gasteiger partial charge in [-0.3, -0.25) is 0 Å². The van der Waals surface area contributed by atoms with Gasteiger partial charge in [0.25, 0.3) is 5.95 Å². The van der Waals surface area contributed by atoms with Gasteiger partial charge in [-0.25, -0.2) is 14.4 Å². The summed E-state index contributed by atoms with van der Waals surface area (Å²) in [5.74, 6) is -3.08. The van der Waals surface area contributed by atoms with Crippen molar-refractivity contribution in [3.8, 4) is 28.8 Å². The van der Waals surface area contributed by atoms with Crippen molar-refractivity contribution in [2.24, 2.45) is 0 Å². The Balaban J connectivity index is 1.78. The first kappa shape index (κ1) is 26.0. The van der Waals surface area contributed by atoms with Gasteiger partial charge in [0.1, 0.15) is 17.3 Å². The third kappa shape index (κ3) is 6.29. The number of esters is 3. The van der Waals surface area contributed by atoms with Crippen molar-refractivity contribution in [3.05, 3.63) is 90.0 Å². The Labute approximate surface area is 203 Å². The fourth-order valence-corrected chi connectivity index (χ4v) is 2.75. The number of alkyl halides is 3. The number of carbonyl (C=O) groups is 3. The van der Waals surface area contributed by atoms with Crippen molar-refractivity contribution in [2.75, 3.05) is 0 Å². The number of halogens is 3. The lowest BCUT2D eigenvalue weighted by molar-refractivity contribution is -0.138. The van der Waals surface area contributed by atoms with Crippen LogP contribution in [0.25, 0.3) is 11.3 Å². The molecule has 0 saturated carbocycles. The van der Waals surface area contributed by atoms with Gasteiger partial charge < -0.3 is 18.6 Å². The van der Waals surface area contributed by atoms with Crippen molar-refractivity contribution in [2.45, 2.75) is 20.0 Å². The molecule has 3 aromatic rings. The summed E-state index contributed by atoms with van der Waals surface area (Å²) in [7, 11) is 0. The molecule has 0 aliphatic rings. The normalized spacial score (nSPS) is 10.9. The average molecular weight is 500 g/mol. The molecule has 10 heteroatoms. The largest absolute Gasteiger partial charge is 0.425 e. The Kier molecular flexibility index (Phi) is 7.47. The Bertz CT molecular complexity index is 1350. The summed E-state index contributed by atoms with van der Waals surface area (Å²) < 4.78 is 61.4. The van der Waals surface area contributed by atoms with Crippen LogP contribution in [0.15, 0.2) is 83.3 Å². The molecule has 0 atom stereocenters. The molecule has 0 saturated heterocycles. The summed E-state index contributed by atoms with van der Waals surface area (Å²) in [6.07, 6.45) is -4.81. The number of furan rings is 1. The smallest absolute Gasteiger partial charge is 0.417 e. The first-order chi connectivity index (χ1) is 16.8. The summed E-state index contributed by atoms with van der Waals surface area (Å²) in [5.41, 5.74) is -1.19.